The van der Waals surface area contributed by atoms with Gasteiger partial charge in [-0.15, -0.1) is 0 Å². The second-order valence-corrected chi connectivity index (χ2v) is 2.52. The molecule has 0 bridgehead atoms. The Kier molecular flexibility index (Phi) is 1.24. The minimum Gasteiger partial charge on any atom is -0.347 e. The van der Waals surface area contributed by atoms with E-state index in [1.807, 2.05) is 11.9 Å². The summed E-state index contributed by atoms with van der Waals surface area (Å²) < 4.78 is 0. The Bertz CT molecular complexity index is 229. The number of fused-ring (bicyclic) bond motifs is 1. The summed E-state index contributed by atoms with van der Waals surface area (Å²) in [5.74, 6) is 0. The molecule has 0 amide bonds. The number of H-pyrrole nitrogens is 1. The van der Waals surface area contributed by atoms with E-state index >= 15 is 0 Å². The average molecular weight is 135 g/mol. The van der Waals surface area contributed by atoms with Gasteiger partial charge in [-0.1, -0.05) is 0 Å². The molecule has 0 aromatic carbocycles. The highest BCUT2D eigenvalue weighted by Gasteiger charge is 2.14. The smallest absolute Gasteiger partial charge is 0.0925 e. The van der Waals surface area contributed by atoms with Crippen molar-refractivity contribution in [1.29, 1.82) is 0 Å². The van der Waals surface area contributed by atoms with Gasteiger partial charge in [0.2, 0.25) is 0 Å². The molecule has 0 atom stereocenters. The number of likely N-dealkylation sites (N-methyl/N-ethyl adjacent to an activating group) is 1. The van der Waals surface area contributed by atoms with Crippen molar-refractivity contribution in [2.24, 2.45) is 0 Å². The second-order valence-electron chi connectivity index (χ2n) is 2.52. The first-order valence-corrected chi connectivity index (χ1v) is 3.32. The van der Waals surface area contributed by atoms with E-state index in [4.69, 9.17) is 0 Å². The van der Waals surface area contributed by atoms with Crippen molar-refractivity contribution in [3.8, 4) is 0 Å². The SMILES string of the molecule is CN1[C]Cc2nc[nH]c2C1. The number of nitrogens with one attached hydrogen (secondary N) is 1. The third-order valence-electron chi connectivity index (χ3n) is 1.72. The van der Waals surface area contributed by atoms with E-state index in [1.165, 1.54) is 5.69 Å². The maximum atomic E-state index is 4.15. The summed E-state index contributed by atoms with van der Waals surface area (Å²) in [7, 11) is 2.02. The molecule has 1 aliphatic rings. The van der Waals surface area contributed by atoms with E-state index in [0.717, 1.165) is 18.7 Å². The largest absolute Gasteiger partial charge is 0.347 e. The topological polar surface area (TPSA) is 31.9 Å². The van der Waals surface area contributed by atoms with Gasteiger partial charge < -0.3 is 4.98 Å². The molecule has 10 heavy (non-hydrogen) atoms. The van der Waals surface area contributed by atoms with Crippen molar-refractivity contribution in [2.45, 2.75) is 13.0 Å². The highest BCUT2D eigenvalue weighted by Crippen LogP contribution is 2.14. The molecule has 3 heteroatoms. The minimum absolute atomic E-state index is 0.843. The normalized spacial score (nSPS) is 18.9. The molecule has 3 nitrogen and oxygen atoms in total. The van der Waals surface area contributed by atoms with Crippen LogP contribution < -0.4 is 0 Å². The summed E-state index contributed by atoms with van der Waals surface area (Å²) in [5, 5.41) is 0. The summed E-state index contributed by atoms with van der Waals surface area (Å²) in [6.07, 6.45) is 2.58. The van der Waals surface area contributed by atoms with Crippen LogP contribution in [0, 0.1) is 6.54 Å². The molecule has 1 aliphatic heterocycles. The number of hydrogen-bond acceptors (Lipinski definition) is 2. The molecule has 0 unspecified atom stereocenters. The van der Waals surface area contributed by atoms with Crippen molar-refractivity contribution in [1.82, 2.24) is 14.9 Å². The van der Waals surface area contributed by atoms with Gasteiger partial charge in [-0.05, 0) is 7.05 Å². The van der Waals surface area contributed by atoms with Crippen LogP contribution in [0.1, 0.15) is 11.4 Å². The Labute approximate surface area is 60.1 Å². The standard InChI is InChI=1S/C7H9N3/c1-10-3-2-6-7(4-10)9-5-8-6/h5H,2,4H2,1H3,(H,8,9). The Hall–Kier alpha value is -0.830. The number of rotatable bonds is 0. The molecule has 0 saturated carbocycles. The lowest BCUT2D eigenvalue weighted by molar-refractivity contribution is 0.368. The first-order valence-electron chi connectivity index (χ1n) is 3.32. The maximum absolute atomic E-state index is 4.15. The van der Waals surface area contributed by atoms with Gasteiger partial charge in [-0.25, -0.2) is 4.98 Å². The monoisotopic (exact) mass is 135 g/mol. The molecule has 0 saturated heterocycles. The third-order valence-corrected chi connectivity index (χ3v) is 1.72. The van der Waals surface area contributed by atoms with Crippen LogP contribution in [-0.2, 0) is 13.0 Å². The highest BCUT2D eigenvalue weighted by atomic mass is 15.1. The van der Waals surface area contributed by atoms with Crippen LogP contribution in [0.5, 0.6) is 0 Å². The van der Waals surface area contributed by atoms with Crippen LogP contribution >= 0.6 is 0 Å². The maximum Gasteiger partial charge on any atom is 0.0925 e. The molecule has 1 N–H and O–H groups in total. The fraction of sp³-hybridized carbons (Fsp3) is 0.429. The van der Waals surface area contributed by atoms with Crippen LogP contribution in [-0.4, -0.2) is 21.9 Å². The summed E-state index contributed by atoms with van der Waals surface area (Å²) in [4.78, 5) is 9.28. The molecule has 1 aromatic heterocycles. The van der Waals surface area contributed by atoms with E-state index in [-0.39, 0.29) is 0 Å². The fourth-order valence-corrected chi connectivity index (χ4v) is 1.14. The van der Waals surface area contributed by atoms with E-state index in [9.17, 15) is 0 Å². The molecule has 0 spiro atoms. The van der Waals surface area contributed by atoms with Gasteiger partial charge in [-0.2, -0.15) is 0 Å². The average Bonchev–Trinajstić information content (AvgIpc) is 2.33. The Morgan fingerprint density at radius 2 is 2.70 bits per heavy atom. The van der Waals surface area contributed by atoms with Crippen LogP contribution in [0.25, 0.3) is 0 Å². The Morgan fingerprint density at radius 1 is 1.80 bits per heavy atom. The molecule has 1 aromatic rings. The van der Waals surface area contributed by atoms with Crippen molar-refractivity contribution < 1.29 is 0 Å². The van der Waals surface area contributed by atoms with Gasteiger partial charge >= 0.3 is 0 Å². The van der Waals surface area contributed by atoms with Gasteiger partial charge in [0.25, 0.3) is 0 Å². The van der Waals surface area contributed by atoms with Gasteiger partial charge in [0, 0.05) is 13.0 Å². The van der Waals surface area contributed by atoms with Gasteiger partial charge in [-0.3, -0.25) is 4.90 Å². The molecule has 2 rings (SSSR count). The number of aromatic nitrogens is 2. The van der Waals surface area contributed by atoms with E-state index < -0.39 is 0 Å². The van der Waals surface area contributed by atoms with E-state index in [1.54, 1.807) is 6.33 Å². The zero-order chi connectivity index (χ0) is 6.97. The van der Waals surface area contributed by atoms with Crippen molar-refractivity contribution in [3.05, 3.63) is 24.3 Å². The zero-order valence-electron chi connectivity index (χ0n) is 5.89. The third kappa shape index (κ3) is 0.827. The molecule has 2 radical (unpaired) electrons. The molecule has 2 heterocycles. The zero-order valence-corrected chi connectivity index (χ0v) is 5.89. The van der Waals surface area contributed by atoms with E-state index in [0.29, 0.717) is 0 Å². The summed E-state index contributed by atoms with van der Waals surface area (Å²) in [6, 6.07) is 0. The Balaban J connectivity index is 2.30. The lowest BCUT2D eigenvalue weighted by Crippen LogP contribution is -2.21. The number of hydrogen-bond donors (Lipinski definition) is 1. The molecular weight excluding hydrogens is 126 g/mol. The van der Waals surface area contributed by atoms with Gasteiger partial charge in [0.05, 0.1) is 24.3 Å². The van der Waals surface area contributed by atoms with Crippen LogP contribution in [0.15, 0.2) is 6.33 Å². The van der Waals surface area contributed by atoms with E-state index in [2.05, 4.69) is 16.5 Å². The second kappa shape index (κ2) is 2.09. The predicted octanol–water partition coefficient (Wildman–Crippen LogP) is 0.436. The van der Waals surface area contributed by atoms with Gasteiger partial charge in [0.15, 0.2) is 0 Å². The first kappa shape index (κ1) is 5.92. The number of aromatic amines is 1. The first-order chi connectivity index (χ1) is 4.86. The highest BCUT2D eigenvalue weighted by molar-refractivity contribution is 5.16. The van der Waals surface area contributed by atoms with Crippen LogP contribution in [0.2, 0.25) is 0 Å². The minimum atomic E-state index is 0.843. The quantitative estimate of drug-likeness (QED) is 0.559. The van der Waals surface area contributed by atoms with Crippen LogP contribution in [0.3, 0.4) is 0 Å². The van der Waals surface area contributed by atoms with Crippen molar-refractivity contribution in [2.75, 3.05) is 7.05 Å². The Morgan fingerprint density at radius 3 is 3.60 bits per heavy atom. The predicted molar refractivity (Wildman–Crippen MR) is 37.0 cm³/mol. The number of imidazole rings is 1. The summed E-state index contributed by atoms with van der Waals surface area (Å²) >= 11 is 0. The molecule has 0 aliphatic carbocycles. The fourth-order valence-electron chi connectivity index (χ4n) is 1.14. The van der Waals surface area contributed by atoms with Crippen molar-refractivity contribution in [3.63, 3.8) is 0 Å². The molecule has 0 fully saturated rings. The molecule has 52 valence electrons. The lowest BCUT2D eigenvalue weighted by atomic mass is 10.2. The van der Waals surface area contributed by atoms with Crippen molar-refractivity contribution >= 4 is 0 Å². The lowest BCUT2D eigenvalue weighted by Gasteiger charge is -2.19. The van der Waals surface area contributed by atoms with Gasteiger partial charge in [0.1, 0.15) is 0 Å². The molecular formula is C7H9N3. The summed E-state index contributed by atoms with van der Waals surface area (Å²) in [6.45, 7) is 4.09. The number of nitrogens with zero attached hydrogens (tertiary/aromatic N) is 2. The van der Waals surface area contributed by atoms with Crippen LogP contribution in [0.4, 0.5) is 0 Å². The summed E-state index contributed by atoms with van der Waals surface area (Å²) in [5.41, 5.74) is 2.36.